The molecule has 1 aromatic heterocycles. The Bertz CT molecular complexity index is 1210. The number of piperazine rings is 1. The van der Waals surface area contributed by atoms with Gasteiger partial charge in [0.15, 0.2) is 0 Å². The van der Waals surface area contributed by atoms with Crippen LogP contribution in [0.1, 0.15) is 11.3 Å². The predicted molar refractivity (Wildman–Crippen MR) is 130 cm³/mol. The fourth-order valence-corrected chi connectivity index (χ4v) is 4.87. The zero-order valence-electron chi connectivity index (χ0n) is 18.8. The third kappa shape index (κ3) is 5.14. The van der Waals surface area contributed by atoms with E-state index in [1.165, 1.54) is 11.1 Å². The van der Waals surface area contributed by atoms with Gasteiger partial charge in [0.1, 0.15) is 5.75 Å². The van der Waals surface area contributed by atoms with Crippen molar-refractivity contribution in [3.05, 3.63) is 59.8 Å². The molecule has 4 rings (SSSR count). The van der Waals surface area contributed by atoms with Crippen LogP contribution in [0.5, 0.6) is 5.75 Å². The molecule has 0 bridgehead atoms. The lowest BCUT2D eigenvalue weighted by Gasteiger charge is -2.36. The zero-order valence-corrected chi connectivity index (χ0v) is 19.7. The molecule has 2 aromatic carbocycles. The second-order valence-electron chi connectivity index (χ2n) is 8.25. The molecule has 1 aliphatic rings. The first-order chi connectivity index (χ1) is 15.3. The summed E-state index contributed by atoms with van der Waals surface area (Å²) in [7, 11) is -1.79. The van der Waals surface area contributed by atoms with Gasteiger partial charge >= 0.3 is 0 Å². The first kappa shape index (κ1) is 22.4. The number of para-hydroxylation sites is 1. The number of benzene rings is 2. The number of anilines is 2. The summed E-state index contributed by atoms with van der Waals surface area (Å²) in [6.45, 7) is 6.77. The zero-order chi connectivity index (χ0) is 22.7. The molecule has 8 heteroatoms. The summed E-state index contributed by atoms with van der Waals surface area (Å²) in [5.41, 5.74) is 4.80. The Hall–Kier alpha value is -2.84. The van der Waals surface area contributed by atoms with Crippen molar-refractivity contribution in [1.29, 1.82) is 0 Å². The van der Waals surface area contributed by atoms with Crippen LogP contribution in [0, 0.1) is 6.92 Å². The molecule has 1 saturated heterocycles. The van der Waals surface area contributed by atoms with Crippen LogP contribution in [-0.2, 0) is 16.4 Å². The van der Waals surface area contributed by atoms with Gasteiger partial charge in [0.05, 0.1) is 24.6 Å². The fraction of sp³-hybridized carbons (Fsp3) is 0.375. The van der Waals surface area contributed by atoms with Crippen molar-refractivity contribution in [2.75, 3.05) is 55.7 Å². The monoisotopic (exact) mass is 454 g/mol. The van der Waals surface area contributed by atoms with Crippen molar-refractivity contribution < 1.29 is 13.2 Å². The molecule has 1 N–H and O–H groups in total. The minimum Gasteiger partial charge on any atom is -0.494 e. The average Bonchev–Trinajstić information content (AvgIpc) is 2.76. The number of pyridine rings is 1. The molecule has 0 atom stereocenters. The highest BCUT2D eigenvalue weighted by Crippen LogP contribution is 2.30. The third-order valence-corrected chi connectivity index (χ3v) is 6.45. The van der Waals surface area contributed by atoms with Gasteiger partial charge < -0.3 is 9.64 Å². The smallest absolute Gasteiger partial charge is 0.229 e. The van der Waals surface area contributed by atoms with E-state index < -0.39 is 10.0 Å². The normalized spacial score (nSPS) is 15.2. The lowest BCUT2D eigenvalue weighted by Crippen LogP contribution is -2.47. The number of rotatable bonds is 7. The second kappa shape index (κ2) is 9.34. The molecule has 1 fully saturated rings. The van der Waals surface area contributed by atoms with Crippen LogP contribution in [0.3, 0.4) is 0 Å². The molecule has 1 aliphatic heterocycles. The number of hydrogen-bond acceptors (Lipinski definition) is 6. The predicted octanol–water partition coefficient (Wildman–Crippen LogP) is 3.29. The number of methoxy groups -OCH3 is 1. The Labute approximate surface area is 190 Å². The molecule has 2 heterocycles. The number of hydrogen-bond donors (Lipinski definition) is 1. The molecule has 0 aliphatic carbocycles. The van der Waals surface area contributed by atoms with E-state index in [0.717, 1.165) is 62.2 Å². The van der Waals surface area contributed by atoms with E-state index in [0.29, 0.717) is 11.4 Å². The van der Waals surface area contributed by atoms with E-state index in [-0.39, 0.29) is 0 Å². The van der Waals surface area contributed by atoms with E-state index in [1.807, 2.05) is 19.1 Å². The highest BCUT2D eigenvalue weighted by atomic mass is 32.2. The Balaban J connectivity index is 1.40. The van der Waals surface area contributed by atoms with Gasteiger partial charge in [-0.05, 0) is 49.2 Å². The highest BCUT2D eigenvalue weighted by Gasteiger charge is 2.20. The molecule has 170 valence electrons. The van der Waals surface area contributed by atoms with Crippen LogP contribution in [0.4, 0.5) is 11.4 Å². The maximum absolute atomic E-state index is 11.6. The molecule has 7 nitrogen and oxygen atoms in total. The van der Waals surface area contributed by atoms with Crippen LogP contribution in [-0.4, -0.2) is 64.4 Å². The van der Waals surface area contributed by atoms with Gasteiger partial charge in [0.25, 0.3) is 0 Å². The molecular weight excluding hydrogens is 424 g/mol. The summed E-state index contributed by atoms with van der Waals surface area (Å²) in [6, 6.07) is 16.2. The SMILES string of the molecule is COc1c(CCN2CCN(c3cccc4nc(C)ccc34)CC2)cccc1NS(C)(=O)=O. The van der Waals surface area contributed by atoms with Gasteiger partial charge in [-0.2, -0.15) is 0 Å². The topological polar surface area (TPSA) is 74.8 Å². The maximum atomic E-state index is 11.6. The fourth-order valence-electron chi connectivity index (χ4n) is 4.31. The molecule has 0 unspecified atom stereocenters. The lowest BCUT2D eigenvalue weighted by atomic mass is 10.1. The second-order valence-corrected chi connectivity index (χ2v) is 10.00. The molecule has 0 amide bonds. The Morgan fingerprint density at radius 2 is 1.78 bits per heavy atom. The van der Waals surface area contributed by atoms with Crippen molar-refractivity contribution in [2.45, 2.75) is 13.3 Å². The number of nitrogens with zero attached hydrogens (tertiary/aromatic N) is 3. The first-order valence-electron chi connectivity index (χ1n) is 10.8. The van der Waals surface area contributed by atoms with Gasteiger partial charge in [-0.25, -0.2) is 8.42 Å². The van der Waals surface area contributed by atoms with Crippen LogP contribution in [0.25, 0.3) is 10.9 Å². The van der Waals surface area contributed by atoms with E-state index in [2.05, 4.69) is 49.8 Å². The van der Waals surface area contributed by atoms with Gasteiger partial charge in [-0.15, -0.1) is 0 Å². The van der Waals surface area contributed by atoms with Crippen LogP contribution in [0.15, 0.2) is 48.5 Å². The van der Waals surface area contributed by atoms with Gasteiger partial charge in [0.2, 0.25) is 10.0 Å². The Morgan fingerprint density at radius 3 is 2.50 bits per heavy atom. The summed E-state index contributed by atoms with van der Waals surface area (Å²) in [4.78, 5) is 9.55. The summed E-state index contributed by atoms with van der Waals surface area (Å²) in [5.74, 6) is 0.593. The van der Waals surface area contributed by atoms with Crippen molar-refractivity contribution in [3.8, 4) is 5.75 Å². The Morgan fingerprint density at radius 1 is 1.03 bits per heavy atom. The minimum absolute atomic E-state index is 0.483. The van der Waals surface area contributed by atoms with E-state index in [4.69, 9.17) is 4.74 Å². The van der Waals surface area contributed by atoms with Crippen molar-refractivity contribution >= 4 is 32.3 Å². The number of aromatic nitrogens is 1. The standard InChI is InChI=1S/C24H30N4O3S/c1-18-10-11-20-21(25-18)7-5-9-23(20)28-16-14-27(15-17-28)13-12-19-6-4-8-22(24(19)31-2)26-32(3,29)30/h4-11,26H,12-17H2,1-3H3. The van der Waals surface area contributed by atoms with Crippen LogP contribution >= 0.6 is 0 Å². The summed E-state index contributed by atoms with van der Waals surface area (Å²) in [5, 5.41) is 1.20. The molecule has 0 saturated carbocycles. The van der Waals surface area contributed by atoms with E-state index >= 15 is 0 Å². The van der Waals surface area contributed by atoms with Gasteiger partial charge in [-0.3, -0.25) is 14.6 Å². The first-order valence-corrected chi connectivity index (χ1v) is 12.7. The van der Waals surface area contributed by atoms with E-state index in [9.17, 15) is 8.42 Å². The lowest BCUT2D eigenvalue weighted by molar-refractivity contribution is 0.260. The van der Waals surface area contributed by atoms with Crippen molar-refractivity contribution in [2.24, 2.45) is 0 Å². The van der Waals surface area contributed by atoms with Gasteiger partial charge in [0, 0.05) is 49.5 Å². The molecule has 0 radical (unpaired) electrons. The summed E-state index contributed by atoms with van der Waals surface area (Å²) in [6.07, 6.45) is 1.94. The number of sulfonamides is 1. The van der Waals surface area contributed by atoms with Crippen LogP contribution in [0.2, 0.25) is 0 Å². The molecule has 32 heavy (non-hydrogen) atoms. The van der Waals surface area contributed by atoms with Crippen molar-refractivity contribution in [1.82, 2.24) is 9.88 Å². The largest absolute Gasteiger partial charge is 0.494 e. The summed E-state index contributed by atoms with van der Waals surface area (Å²) >= 11 is 0. The average molecular weight is 455 g/mol. The van der Waals surface area contributed by atoms with E-state index in [1.54, 1.807) is 13.2 Å². The third-order valence-electron chi connectivity index (χ3n) is 5.85. The van der Waals surface area contributed by atoms with Gasteiger partial charge in [-0.1, -0.05) is 18.2 Å². The molecule has 0 spiro atoms. The number of aryl methyl sites for hydroxylation is 1. The summed E-state index contributed by atoms with van der Waals surface area (Å²) < 4.78 is 31.4. The highest BCUT2D eigenvalue weighted by molar-refractivity contribution is 7.92. The molecular formula is C24H30N4O3S. The molecule has 3 aromatic rings. The number of fused-ring (bicyclic) bond motifs is 1. The maximum Gasteiger partial charge on any atom is 0.229 e. The minimum atomic E-state index is -3.36. The number of ether oxygens (including phenoxy) is 1. The van der Waals surface area contributed by atoms with Crippen LogP contribution < -0.4 is 14.4 Å². The number of nitrogens with one attached hydrogen (secondary N) is 1. The Kier molecular flexibility index (Phi) is 6.53. The quantitative estimate of drug-likeness (QED) is 0.591. The van der Waals surface area contributed by atoms with Crippen molar-refractivity contribution in [3.63, 3.8) is 0 Å².